The number of nitrogens with zero attached hydrogens (tertiary/aromatic N) is 4. The number of ether oxygens (including phenoxy) is 1. The second-order valence-electron chi connectivity index (χ2n) is 7.94. The van der Waals surface area contributed by atoms with Gasteiger partial charge in [-0.15, -0.1) is 0 Å². The van der Waals surface area contributed by atoms with Gasteiger partial charge in [0.1, 0.15) is 17.4 Å². The molecule has 0 amide bonds. The number of aliphatic imine (C=N–C) groups is 1. The third-order valence-corrected chi connectivity index (χ3v) is 4.81. The number of benzene rings is 1. The van der Waals surface area contributed by atoms with Crippen LogP contribution in [0.3, 0.4) is 0 Å². The average Bonchev–Trinajstić information content (AvgIpc) is 3.09. The summed E-state index contributed by atoms with van der Waals surface area (Å²) in [4.78, 5) is 9.37. The maximum Gasteiger partial charge on any atom is 0.191 e. The van der Waals surface area contributed by atoms with Crippen molar-refractivity contribution in [3.63, 3.8) is 0 Å². The van der Waals surface area contributed by atoms with E-state index in [4.69, 9.17) is 9.73 Å². The zero-order chi connectivity index (χ0) is 20.6. The first-order valence-electron chi connectivity index (χ1n) is 10.7. The topological polar surface area (TPSA) is 76.4 Å². The molecule has 1 aliphatic rings. The minimum Gasteiger partial charge on any atom is -0.493 e. The molecule has 1 aliphatic heterocycles. The predicted molar refractivity (Wildman–Crippen MR) is 116 cm³/mol. The van der Waals surface area contributed by atoms with Crippen molar-refractivity contribution < 1.29 is 4.74 Å². The number of aryl methyl sites for hydroxylation is 2. The number of rotatable bonds is 8. The van der Waals surface area contributed by atoms with E-state index in [-0.39, 0.29) is 6.04 Å². The molecule has 0 bridgehead atoms. The summed E-state index contributed by atoms with van der Waals surface area (Å²) in [5, 5.41) is 11.4. The molecule has 1 aromatic heterocycles. The van der Waals surface area contributed by atoms with Crippen LogP contribution in [0.2, 0.25) is 0 Å². The van der Waals surface area contributed by atoms with Gasteiger partial charge in [-0.05, 0) is 56.7 Å². The highest BCUT2D eigenvalue weighted by molar-refractivity contribution is 5.80. The van der Waals surface area contributed by atoms with Crippen LogP contribution in [0.1, 0.15) is 56.9 Å². The first-order valence-corrected chi connectivity index (χ1v) is 10.7. The van der Waals surface area contributed by atoms with Gasteiger partial charge in [-0.3, -0.25) is 4.99 Å². The van der Waals surface area contributed by atoms with Crippen molar-refractivity contribution in [2.75, 3.05) is 19.7 Å². The maximum atomic E-state index is 5.75. The largest absolute Gasteiger partial charge is 0.493 e. The second kappa shape index (κ2) is 10.3. The predicted octanol–water partition coefficient (Wildman–Crippen LogP) is 3.25. The van der Waals surface area contributed by atoms with Crippen molar-refractivity contribution in [3.8, 4) is 5.75 Å². The fourth-order valence-electron chi connectivity index (χ4n) is 3.40. The third kappa shape index (κ3) is 6.21. The fraction of sp³-hybridized carbons (Fsp3) is 0.591. The van der Waals surface area contributed by atoms with E-state index < -0.39 is 0 Å². The lowest BCUT2D eigenvalue weighted by Crippen LogP contribution is -2.41. The summed E-state index contributed by atoms with van der Waals surface area (Å²) in [6, 6.07) is 8.49. The summed E-state index contributed by atoms with van der Waals surface area (Å²) < 4.78 is 7.77. The van der Waals surface area contributed by atoms with Crippen LogP contribution in [0.25, 0.3) is 0 Å². The van der Waals surface area contributed by atoms with Crippen molar-refractivity contribution >= 4 is 5.96 Å². The zero-order valence-electron chi connectivity index (χ0n) is 18.1. The smallest absolute Gasteiger partial charge is 0.191 e. The SMILES string of the molecule is CCNC(=NCCc1ccc(OCC(C)C)cc1)NC1CCCn2nc(C)nc21. The summed E-state index contributed by atoms with van der Waals surface area (Å²) in [6.07, 6.45) is 3.03. The van der Waals surface area contributed by atoms with E-state index in [0.29, 0.717) is 5.92 Å². The Hall–Kier alpha value is -2.57. The maximum absolute atomic E-state index is 5.75. The molecular formula is C22H34N6O. The van der Waals surface area contributed by atoms with E-state index >= 15 is 0 Å². The minimum absolute atomic E-state index is 0.153. The molecule has 7 heteroatoms. The molecule has 7 nitrogen and oxygen atoms in total. The van der Waals surface area contributed by atoms with E-state index in [9.17, 15) is 0 Å². The quantitative estimate of drug-likeness (QED) is 0.527. The Morgan fingerprint density at radius 2 is 2.10 bits per heavy atom. The molecule has 0 spiro atoms. The number of guanidine groups is 1. The number of nitrogens with one attached hydrogen (secondary N) is 2. The van der Waals surface area contributed by atoms with Gasteiger partial charge in [0, 0.05) is 19.6 Å². The Bertz CT molecular complexity index is 796. The number of hydrogen-bond donors (Lipinski definition) is 2. The second-order valence-corrected chi connectivity index (χ2v) is 7.94. The molecule has 0 radical (unpaired) electrons. The van der Waals surface area contributed by atoms with Crippen LogP contribution in [0, 0.1) is 12.8 Å². The minimum atomic E-state index is 0.153. The highest BCUT2D eigenvalue weighted by Crippen LogP contribution is 2.22. The average molecular weight is 399 g/mol. The lowest BCUT2D eigenvalue weighted by Gasteiger charge is -2.25. The lowest BCUT2D eigenvalue weighted by molar-refractivity contribution is 0.271. The Labute approximate surface area is 174 Å². The zero-order valence-corrected chi connectivity index (χ0v) is 18.1. The first kappa shape index (κ1) is 21.1. The number of hydrogen-bond acceptors (Lipinski definition) is 4. The Morgan fingerprint density at radius 3 is 2.83 bits per heavy atom. The molecule has 2 aromatic rings. The van der Waals surface area contributed by atoms with Gasteiger partial charge in [-0.25, -0.2) is 9.67 Å². The van der Waals surface area contributed by atoms with Crippen molar-refractivity contribution in [2.45, 2.75) is 59.5 Å². The van der Waals surface area contributed by atoms with E-state index in [1.807, 2.05) is 23.7 Å². The molecule has 1 atom stereocenters. The Kier molecular flexibility index (Phi) is 7.49. The highest BCUT2D eigenvalue weighted by atomic mass is 16.5. The van der Waals surface area contributed by atoms with Crippen LogP contribution < -0.4 is 15.4 Å². The molecule has 0 saturated carbocycles. The molecule has 158 valence electrons. The van der Waals surface area contributed by atoms with Crippen LogP contribution in [-0.4, -0.2) is 40.4 Å². The monoisotopic (exact) mass is 398 g/mol. The van der Waals surface area contributed by atoms with Crippen molar-refractivity contribution in [3.05, 3.63) is 41.5 Å². The lowest BCUT2D eigenvalue weighted by atomic mass is 10.1. The van der Waals surface area contributed by atoms with Crippen LogP contribution in [-0.2, 0) is 13.0 Å². The van der Waals surface area contributed by atoms with E-state index in [1.165, 1.54) is 5.56 Å². The third-order valence-electron chi connectivity index (χ3n) is 4.81. The van der Waals surface area contributed by atoms with Gasteiger partial charge in [0.15, 0.2) is 5.96 Å². The van der Waals surface area contributed by atoms with Crippen molar-refractivity contribution in [1.82, 2.24) is 25.4 Å². The molecule has 29 heavy (non-hydrogen) atoms. The van der Waals surface area contributed by atoms with Gasteiger partial charge >= 0.3 is 0 Å². The van der Waals surface area contributed by atoms with E-state index in [1.54, 1.807) is 0 Å². The van der Waals surface area contributed by atoms with Crippen molar-refractivity contribution in [2.24, 2.45) is 10.9 Å². The number of aromatic nitrogens is 3. The summed E-state index contributed by atoms with van der Waals surface area (Å²) in [5.41, 5.74) is 1.26. The van der Waals surface area contributed by atoms with Gasteiger partial charge in [-0.2, -0.15) is 5.10 Å². The van der Waals surface area contributed by atoms with Gasteiger partial charge in [0.25, 0.3) is 0 Å². The van der Waals surface area contributed by atoms with Gasteiger partial charge in [0.05, 0.1) is 12.6 Å². The normalized spacial score (nSPS) is 16.6. The summed E-state index contributed by atoms with van der Waals surface area (Å²) in [6.45, 7) is 11.6. The van der Waals surface area contributed by atoms with E-state index in [2.05, 4.69) is 53.6 Å². The number of fused-ring (bicyclic) bond motifs is 1. The summed E-state index contributed by atoms with van der Waals surface area (Å²) in [7, 11) is 0. The fourth-order valence-corrected chi connectivity index (χ4v) is 3.40. The molecule has 2 N–H and O–H groups in total. The van der Waals surface area contributed by atoms with Crippen LogP contribution >= 0.6 is 0 Å². The van der Waals surface area contributed by atoms with Gasteiger partial charge < -0.3 is 15.4 Å². The molecule has 1 unspecified atom stereocenters. The van der Waals surface area contributed by atoms with E-state index in [0.717, 1.165) is 68.9 Å². The van der Waals surface area contributed by atoms with Gasteiger partial charge in [0.2, 0.25) is 0 Å². The first-order chi connectivity index (χ1) is 14.0. The molecular weight excluding hydrogens is 364 g/mol. The highest BCUT2D eigenvalue weighted by Gasteiger charge is 2.24. The van der Waals surface area contributed by atoms with Crippen LogP contribution in [0.4, 0.5) is 0 Å². The summed E-state index contributed by atoms with van der Waals surface area (Å²) >= 11 is 0. The Morgan fingerprint density at radius 1 is 1.31 bits per heavy atom. The van der Waals surface area contributed by atoms with Gasteiger partial charge in [-0.1, -0.05) is 26.0 Å². The molecule has 0 saturated heterocycles. The van der Waals surface area contributed by atoms with Crippen LogP contribution in [0.15, 0.2) is 29.3 Å². The molecule has 1 aromatic carbocycles. The molecule has 0 aliphatic carbocycles. The summed E-state index contributed by atoms with van der Waals surface area (Å²) in [5.74, 6) is 4.14. The molecule has 2 heterocycles. The Balaban J connectivity index is 1.56. The molecule has 0 fully saturated rings. The standard InChI is InChI=1S/C22H34N6O/c1-5-23-22(26-20-7-6-14-28-21(20)25-17(4)27-28)24-13-12-18-8-10-19(11-9-18)29-15-16(2)3/h8-11,16,20H,5-7,12-15H2,1-4H3,(H2,23,24,26). The van der Waals surface area contributed by atoms with Crippen LogP contribution in [0.5, 0.6) is 5.75 Å². The van der Waals surface area contributed by atoms with Crippen molar-refractivity contribution in [1.29, 1.82) is 0 Å². The molecule has 3 rings (SSSR count).